The highest BCUT2D eigenvalue weighted by Gasteiger charge is 2.33. The number of hydrogen-bond acceptors (Lipinski definition) is 2. The standard InChI is InChI=1S/C17H16F3NOS/c1-12(23-11-13-7-3-2-4-8-13)16(22)21-15-10-6-5-9-14(15)17(18,19)20/h2-10,12H,11H2,1H3,(H,21,22)/t12-/m0/s1. The van der Waals surface area contributed by atoms with Crippen molar-refractivity contribution in [1.29, 1.82) is 0 Å². The monoisotopic (exact) mass is 339 g/mol. The first kappa shape index (κ1) is 17.4. The van der Waals surface area contributed by atoms with E-state index in [1.54, 1.807) is 6.92 Å². The summed E-state index contributed by atoms with van der Waals surface area (Å²) in [7, 11) is 0. The SMILES string of the molecule is C[C@H](SCc1ccccc1)C(=O)Nc1ccccc1C(F)(F)F. The molecule has 2 rings (SSSR count). The number of alkyl halides is 3. The van der Waals surface area contributed by atoms with Gasteiger partial charge in [0.25, 0.3) is 0 Å². The van der Waals surface area contributed by atoms with E-state index in [4.69, 9.17) is 0 Å². The Bertz CT molecular complexity index is 658. The lowest BCUT2D eigenvalue weighted by atomic mass is 10.1. The van der Waals surface area contributed by atoms with Crippen LogP contribution in [0.2, 0.25) is 0 Å². The van der Waals surface area contributed by atoms with E-state index < -0.39 is 22.9 Å². The zero-order valence-corrected chi connectivity index (χ0v) is 13.2. The van der Waals surface area contributed by atoms with Crippen molar-refractivity contribution in [3.63, 3.8) is 0 Å². The molecule has 0 saturated carbocycles. The average molecular weight is 339 g/mol. The van der Waals surface area contributed by atoms with Crippen molar-refractivity contribution in [2.24, 2.45) is 0 Å². The normalized spacial score (nSPS) is 12.7. The van der Waals surface area contributed by atoms with Crippen molar-refractivity contribution in [3.8, 4) is 0 Å². The van der Waals surface area contributed by atoms with Crippen LogP contribution in [0.3, 0.4) is 0 Å². The molecule has 0 unspecified atom stereocenters. The topological polar surface area (TPSA) is 29.1 Å². The molecule has 0 bridgehead atoms. The Morgan fingerprint density at radius 1 is 1.09 bits per heavy atom. The van der Waals surface area contributed by atoms with Gasteiger partial charge in [-0.2, -0.15) is 13.2 Å². The third kappa shape index (κ3) is 5.03. The maximum Gasteiger partial charge on any atom is 0.418 e. The Labute approximate surface area is 137 Å². The molecule has 6 heteroatoms. The van der Waals surface area contributed by atoms with Crippen LogP contribution >= 0.6 is 11.8 Å². The Kier molecular flexibility index (Phi) is 5.71. The molecule has 1 atom stereocenters. The number of halogens is 3. The second kappa shape index (κ2) is 7.55. The molecule has 0 saturated heterocycles. The molecular formula is C17H16F3NOS. The van der Waals surface area contributed by atoms with Crippen LogP contribution in [0, 0.1) is 0 Å². The lowest BCUT2D eigenvalue weighted by molar-refractivity contribution is -0.137. The van der Waals surface area contributed by atoms with Gasteiger partial charge in [-0.15, -0.1) is 11.8 Å². The summed E-state index contributed by atoms with van der Waals surface area (Å²) < 4.78 is 38.7. The second-order valence-corrected chi connectivity index (χ2v) is 6.30. The Morgan fingerprint density at radius 3 is 2.35 bits per heavy atom. The molecule has 23 heavy (non-hydrogen) atoms. The molecule has 122 valence electrons. The van der Waals surface area contributed by atoms with Crippen LogP contribution in [0.4, 0.5) is 18.9 Å². The lowest BCUT2D eigenvalue weighted by Crippen LogP contribution is -2.24. The van der Waals surface area contributed by atoms with Crippen LogP contribution in [0.25, 0.3) is 0 Å². The maximum absolute atomic E-state index is 12.9. The summed E-state index contributed by atoms with van der Waals surface area (Å²) in [4.78, 5) is 12.1. The van der Waals surface area contributed by atoms with Crippen molar-refractivity contribution >= 4 is 23.4 Å². The van der Waals surface area contributed by atoms with E-state index in [1.165, 1.54) is 30.0 Å². The van der Waals surface area contributed by atoms with Crippen molar-refractivity contribution in [2.45, 2.75) is 24.1 Å². The first-order valence-corrected chi connectivity index (χ1v) is 8.05. The molecule has 1 amide bonds. The van der Waals surface area contributed by atoms with Crippen molar-refractivity contribution < 1.29 is 18.0 Å². The van der Waals surface area contributed by atoms with Crippen LogP contribution in [-0.4, -0.2) is 11.2 Å². The quantitative estimate of drug-likeness (QED) is 0.834. The van der Waals surface area contributed by atoms with Gasteiger partial charge in [0.2, 0.25) is 5.91 Å². The van der Waals surface area contributed by atoms with E-state index >= 15 is 0 Å². The summed E-state index contributed by atoms with van der Waals surface area (Å²) in [5, 5.41) is 1.91. The number of carbonyl (C=O) groups is 1. The average Bonchev–Trinajstić information content (AvgIpc) is 2.53. The van der Waals surface area contributed by atoms with Crippen LogP contribution in [0.15, 0.2) is 54.6 Å². The van der Waals surface area contributed by atoms with Crippen molar-refractivity contribution in [3.05, 3.63) is 65.7 Å². The maximum atomic E-state index is 12.9. The highest BCUT2D eigenvalue weighted by Crippen LogP contribution is 2.34. The minimum absolute atomic E-state index is 0.211. The summed E-state index contributed by atoms with van der Waals surface area (Å²) in [5.41, 5.74) is 0.0126. The summed E-state index contributed by atoms with van der Waals surface area (Å²) in [6.45, 7) is 1.68. The van der Waals surface area contributed by atoms with Crippen LogP contribution in [0.1, 0.15) is 18.1 Å². The van der Waals surface area contributed by atoms with Crippen LogP contribution in [-0.2, 0) is 16.7 Å². The fourth-order valence-electron chi connectivity index (χ4n) is 1.94. The molecule has 1 N–H and O–H groups in total. The van der Waals surface area contributed by atoms with Crippen molar-refractivity contribution in [2.75, 3.05) is 5.32 Å². The molecule has 0 aliphatic heterocycles. The minimum atomic E-state index is -4.50. The molecule has 0 aromatic heterocycles. The second-order valence-electron chi connectivity index (χ2n) is 4.97. The number of hydrogen-bond donors (Lipinski definition) is 1. The van der Waals surface area contributed by atoms with Gasteiger partial charge in [-0.25, -0.2) is 0 Å². The molecule has 0 heterocycles. The highest BCUT2D eigenvalue weighted by atomic mass is 32.2. The first-order chi connectivity index (χ1) is 10.9. The molecule has 0 radical (unpaired) electrons. The van der Waals surface area contributed by atoms with E-state index in [1.807, 2.05) is 30.3 Å². The minimum Gasteiger partial charge on any atom is -0.325 e. The Hall–Kier alpha value is -1.95. The predicted octanol–water partition coefficient (Wildman–Crippen LogP) is 4.97. The number of anilines is 1. The van der Waals surface area contributed by atoms with E-state index in [0.29, 0.717) is 5.75 Å². The van der Waals surface area contributed by atoms with Gasteiger partial charge >= 0.3 is 6.18 Å². The van der Waals surface area contributed by atoms with Gasteiger partial charge in [-0.05, 0) is 24.6 Å². The zero-order chi connectivity index (χ0) is 16.9. The fraction of sp³-hybridized carbons (Fsp3) is 0.235. The van der Waals surface area contributed by atoms with E-state index in [0.717, 1.165) is 11.6 Å². The Morgan fingerprint density at radius 2 is 1.70 bits per heavy atom. The molecule has 2 nitrogen and oxygen atoms in total. The van der Waals surface area contributed by atoms with Gasteiger partial charge in [0.1, 0.15) is 0 Å². The Balaban J connectivity index is 1.99. The summed E-state index contributed by atoms with van der Waals surface area (Å²) in [6, 6.07) is 14.6. The van der Waals surface area contributed by atoms with E-state index in [9.17, 15) is 18.0 Å². The van der Waals surface area contributed by atoms with Crippen molar-refractivity contribution in [1.82, 2.24) is 0 Å². The molecule has 0 spiro atoms. The van der Waals surface area contributed by atoms with Crippen LogP contribution in [0.5, 0.6) is 0 Å². The number of carbonyl (C=O) groups excluding carboxylic acids is 1. The summed E-state index contributed by atoms with van der Waals surface area (Å²) in [5.74, 6) is 0.179. The van der Waals surface area contributed by atoms with Gasteiger partial charge in [-0.1, -0.05) is 42.5 Å². The molecule has 2 aromatic carbocycles. The number of rotatable bonds is 5. The molecule has 2 aromatic rings. The number of amides is 1. The van der Waals surface area contributed by atoms with Gasteiger partial charge in [0.05, 0.1) is 16.5 Å². The number of thioether (sulfide) groups is 1. The van der Waals surface area contributed by atoms with Gasteiger partial charge in [-0.3, -0.25) is 4.79 Å². The predicted molar refractivity (Wildman–Crippen MR) is 87.3 cm³/mol. The highest BCUT2D eigenvalue weighted by molar-refractivity contribution is 7.99. The number of benzene rings is 2. The molecular weight excluding hydrogens is 323 g/mol. The molecule has 0 aliphatic rings. The third-order valence-electron chi connectivity index (χ3n) is 3.20. The zero-order valence-electron chi connectivity index (χ0n) is 12.4. The number of nitrogens with one attached hydrogen (secondary N) is 1. The first-order valence-electron chi connectivity index (χ1n) is 7.00. The smallest absolute Gasteiger partial charge is 0.325 e. The van der Waals surface area contributed by atoms with Gasteiger partial charge < -0.3 is 5.32 Å². The van der Waals surface area contributed by atoms with Crippen LogP contribution < -0.4 is 5.32 Å². The van der Waals surface area contributed by atoms with Gasteiger partial charge in [0.15, 0.2) is 0 Å². The lowest BCUT2D eigenvalue weighted by Gasteiger charge is -2.16. The fourth-order valence-corrected chi connectivity index (χ4v) is 2.79. The van der Waals surface area contributed by atoms with Gasteiger partial charge in [0, 0.05) is 5.75 Å². The summed E-state index contributed by atoms with van der Waals surface area (Å²) >= 11 is 1.38. The third-order valence-corrected chi connectivity index (χ3v) is 4.42. The van der Waals surface area contributed by atoms with E-state index in [-0.39, 0.29) is 5.69 Å². The largest absolute Gasteiger partial charge is 0.418 e. The summed E-state index contributed by atoms with van der Waals surface area (Å²) in [6.07, 6.45) is -4.50. The van der Waals surface area contributed by atoms with E-state index in [2.05, 4.69) is 5.32 Å². The number of para-hydroxylation sites is 1. The molecule has 0 fully saturated rings. The molecule has 0 aliphatic carbocycles.